The molecule has 0 spiro atoms. The summed E-state index contributed by atoms with van der Waals surface area (Å²) in [6.07, 6.45) is 5.07. The molecule has 1 aliphatic carbocycles. The van der Waals surface area contributed by atoms with Crippen molar-refractivity contribution in [3.63, 3.8) is 0 Å². The van der Waals surface area contributed by atoms with Crippen LogP contribution < -0.4 is 5.32 Å². The Balaban J connectivity index is 1.85. The van der Waals surface area contributed by atoms with Crippen molar-refractivity contribution in [2.24, 2.45) is 11.8 Å². The van der Waals surface area contributed by atoms with Crippen LogP contribution in [0, 0.1) is 25.7 Å². The second kappa shape index (κ2) is 5.55. The summed E-state index contributed by atoms with van der Waals surface area (Å²) >= 11 is 0. The normalized spacial score (nSPS) is 23.9. The first-order chi connectivity index (χ1) is 8.58. The van der Waals surface area contributed by atoms with E-state index in [1.807, 2.05) is 13.8 Å². The third-order valence-corrected chi connectivity index (χ3v) is 4.04. The molecule has 1 aromatic heterocycles. The molecule has 1 heterocycles. The van der Waals surface area contributed by atoms with E-state index >= 15 is 0 Å². The van der Waals surface area contributed by atoms with Crippen LogP contribution in [0.1, 0.15) is 54.4 Å². The zero-order valence-corrected chi connectivity index (χ0v) is 11.5. The molecule has 0 atom stereocenters. The predicted octanol–water partition coefficient (Wildman–Crippen LogP) is 2.58. The van der Waals surface area contributed by atoms with Gasteiger partial charge in [-0.05, 0) is 38.5 Å². The summed E-state index contributed by atoms with van der Waals surface area (Å²) in [5.74, 6) is 1.52. The van der Waals surface area contributed by atoms with E-state index in [0.29, 0.717) is 11.5 Å². The number of aryl methyl sites for hydroxylation is 2. The molecular formula is C14H23N3O. The van der Waals surface area contributed by atoms with Crippen LogP contribution >= 0.6 is 0 Å². The van der Waals surface area contributed by atoms with Gasteiger partial charge in [-0.2, -0.15) is 5.10 Å². The Kier molecular flexibility index (Phi) is 4.04. The minimum Gasteiger partial charge on any atom is -0.352 e. The fourth-order valence-corrected chi connectivity index (χ4v) is 2.74. The first-order valence-corrected chi connectivity index (χ1v) is 6.87. The van der Waals surface area contributed by atoms with Crippen LogP contribution in [0.4, 0.5) is 0 Å². The average molecular weight is 249 g/mol. The molecule has 1 aliphatic rings. The molecule has 2 N–H and O–H groups in total. The Hall–Kier alpha value is -1.32. The van der Waals surface area contributed by atoms with E-state index in [2.05, 4.69) is 22.4 Å². The Morgan fingerprint density at radius 2 is 2.00 bits per heavy atom. The third-order valence-electron chi connectivity index (χ3n) is 4.04. The van der Waals surface area contributed by atoms with Crippen LogP contribution in [0.5, 0.6) is 0 Å². The predicted molar refractivity (Wildman–Crippen MR) is 71.5 cm³/mol. The average Bonchev–Trinajstić information content (AvgIpc) is 2.68. The van der Waals surface area contributed by atoms with E-state index < -0.39 is 0 Å². The topological polar surface area (TPSA) is 57.8 Å². The summed E-state index contributed by atoms with van der Waals surface area (Å²) in [4.78, 5) is 12.1. The van der Waals surface area contributed by atoms with Gasteiger partial charge in [0.1, 0.15) is 0 Å². The molecule has 1 amide bonds. The number of amides is 1. The summed E-state index contributed by atoms with van der Waals surface area (Å²) in [6, 6.07) is 0. The number of H-pyrrole nitrogens is 1. The Morgan fingerprint density at radius 1 is 1.33 bits per heavy atom. The smallest absolute Gasteiger partial charge is 0.255 e. The van der Waals surface area contributed by atoms with Crippen molar-refractivity contribution in [3.05, 3.63) is 17.0 Å². The van der Waals surface area contributed by atoms with Crippen LogP contribution in [-0.2, 0) is 0 Å². The second-order valence-corrected chi connectivity index (χ2v) is 5.64. The summed E-state index contributed by atoms with van der Waals surface area (Å²) in [5.41, 5.74) is 2.34. The second-order valence-electron chi connectivity index (χ2n) is 5.64. The third kappa shape index (κ3) is 2.92. The van der Waals surface area contributed by atoms with Crippen LogP contribution in [0.15, 0.2) is 0 Å². The van der Waals surface area contributed by atoms with Gasteiger partial charge in [-0.25, -0.2) is 0 Å². The van der Waals surface area contributed by atoms with Gasteiger partial charge in [0.15, 0.2) is 0 Å². The lowest BCUT2D eigenvalue weighted by atomic mass is 9.83. The van der Waals surface area contributed by atoms with Gasteiger partial charge < -0.3 is 5.32 Å². The molecule has 4 nitrogen and oxygen atoms in total. The van der Waals surface area contributed by atoms with Gasteiger partial charge in [0, 0.05) is 12.2 Å². The highest BCUT2D eigenvalue weighted by molar-refractivity contribution is 5.96. The number of carbonyl (C=O) groups is 1. The highest BCUT2D eigenvalue weighted by Gasteiger charge is 2.20. The fourth-order valence-electron chi connectivity index (χ4n) is 2.74. The van der Waals surface area contributed by atoms with E-state index in [1.165, 1.54) is 25.7 Å². The minimum absolute atomic E-state index is 0.0115. The van der Waals surface area contributed by atoms with Gasteiger partial charge in [-0.1, -0.05) is 19.8 Å². The molecule has 0 bridgehead atoms. The maximum Gasteiger partial charge on any atom is 0.255 e. The number of nitrogens with zero attached hydrogens (tertiary/aromatic N) is 1. The van der Waals surface area contributed by atoms with Crippen molar-refractivity contribution in [1.29, 1.82) is 0 Å². The number of nitrogens with one attached hydrogen (secondary N) is 2. The van der Waals surface area contributed by atoms with Crippen LogP contribution in [-0.4, -0.2) is 22.6 Å². The maximum absolute atomic E-state index is 12.1. The van der Waals surface area contributed by atoms with Crippen LogP contribution in [0.25, 0.3) is 0 Å². The van der Waals surface area contributed by atoms with Gasteiger partial charge in [-0.15, -0.1) is 0 Å². The Bertz CT molecular complexity index is 397. The lowest BCUT2D eigenvalue weighted by Crippen LogP contribution is -2.31. The quantitative estimate of drug-likeness (QED) is 0.865. The summed E-state index contributed by atoms with van der Waals surface area (Å²) < 4.78 is 0. The van der Waals surface area contributed by atoms with E-state index in [9.17, 15) is 4.79 Å². The fraction of sp³-hybridized carbons (Fsp3) is 0.714. The molecule has 18 heavy (non-hydrogen) atoms. The first-order valence-electron chi connectivity index (χ1n) is 6.87. The number of aromatic amines is 1. The van der Waals surface area contributed by atoms with Gasteiger partial charge in [0.05, 0.1) is 11.3 Å². The Labute approximate surface area is 109 Å². The molecule has 0 aromatic carbocycles. The van der Waals surface area contributed by atoms with Crippen molar-refractivity contribution in [1.82, 2.24) is 15.5 Å². The molecule has 0 radical (unpaired) electrons. The van der Waals surface area contributed by atoms with Gasteiger partial charge in [0.25, 0.3) is 5.91 Å². The van der Waals surface area contributed by atoms with Gasteiger partial charge >= 0.3 is 0 Å². The first kappa shape index (κ1) is 13.1. The monoisotopic (exact) mass is 249 g/mol. The van der Waals surface area contributed by atoms with Gasteiger partial charge in [0.2, 0.25) is 0 Å². The highest BCUT2D eigenvalue weighted by atomic mass is 16.1. The number of hydrogen-bond acceptors (Lipinski definition) is 2. The van der Waals surface area contributed by atoms with Crippen LogP contribution in [0.2, 0.25) is 0 Å². The van der Waals surface area contributed by atoms with Crippen LogP contribution in [0.3, 0.4) is 0 Å². The van der Waals surface area contributed by atoms with E-state index in [0.717, 1.165) is 23.9 Å². The summed E-state index contributed by atoms with van der Waals surface area (Å²) in [6.45, 7) is 6.86. The minimum atomic E-state index is 0.0115. The van der Waals surface area contributed by atoms with Crippen molar-refractivity contribution in [3.8, 4) is 0 Å². The molecule has 2 rings (SSSR count). The standard InChI is InChI=1S/C14H23N3O/c1-9-4-6-12(7-5-9)8-15-14(18)13-10(2)16-17-11(13)3/h9,12H,4-8H2,1-3H3,(H,15,18)(H,16,17). The maximum atomic E-state index is 12.1. The van der Waals surface area contributed by atoms with E-state index in [1.54, 1.807) is 0 Å². The Morgan fingerprint density at radius 3 is 2.56 bits per heavy atom. The highest BCUT2D eigenvalue weighted by Crippen LogP contribution is 2.27. The van der Waals surface area contributed by atoms with Crippen molar-refractivity contribution in [2.75, 3.05) is 6.54 Å². The zero-order valence-electron chi connectivity index (χ0n) is 11.5. The van der Waals surface area contributed by atoms with E-state index in [4.69, 9.17) is 0 Å². The number of carbonyl (C=O) groups excluding carboxylic acids is 1. The van der Waals surface area contributed by atoms with Crippen molar-refractivity contribution >= 4 is 5.91 Å². The molecule has 0 unspecified atom stereocenters. The molecule has 4 heteroatoms. The molecule has 1 aromatic rings. The molecule has 0 saturated heterocycles. The molecule has 1 saturated carbocycles. The largest absolute Gasteiger partial charge is 0.352 e. The molecule has 1 fully saturated rings. The molecule has 100 valence electrons. The van der Waals surface area contributed by atoms with Gasteiger partial charge in [-0.3, -0.25) is 9.89 Å². The summed E-state index contributed by atoms with van der Waals surface area (Å²) in [5, 5.41) is 9.96. The number of hydrogen-bond donors (Lipinski definition) is 2. The zero-order chi connectivity index (χ0) is 13.1. The number of rotatable bonds is 3. The lowest BCUT2D eigenvalue weighted by molar-refractivity contribution is 0.0940. The SMILES string of the molecule is Cc1n[nH]c(C)c1C(=O)NCC1CCC(C)CC1. The van der Waals surface area contributed by atoms with Crippen molar-refractivity contribution < 1.29 is 4.79 Å². The lowest BCUT2D eigenvalue weighted by Gasteiger charge is -2.26. The molecular weight excluding hydrogens is 226 g/mol. The summed E-state index contributed by atoms with van der Waals surface area (Å²) in [7, 11) is 0. The van der Waals surface area contributed by atoms with Crippen molar-refractivity contribution in [2.45, 2.75) is 46.5 Å². The van der Waals surface area contributed by atoms with E-state index in [-0.39, 0.29) is 5.91 Å². The number of aromatic nitrogens is 2. The molecule has 0 aliphatic heterocycles.